The number of hydrogen-bond donors (Lipinski definition) is 9. The van der Waals surface area contributed by atoms with E-state index in [1.165, 1.54) is 109 Å². The molecule has 3 aliphatic heterocycles. The molecule has 3 saturated carbocycles. The number of amides is 6. The lowest BCUT2D eigenvalue weighted by atomic mass is 9.89. The number of rotatable bonds is 20. The molecule has 6 fully saturated rings. The molecule has 6 aliphatic rings. The summed E-state index contributed by atoms with van der Waals surface area (Å²) in [5, 5.41) is 36.2. The Morgan fingerprint density at radius 1 is 0.380 bits per heavy atom. The van der Waals surface area contributed by atoms with Gasteiger partial charge in [0, 0.05) is 75.5 Å². The molecule has 30 nitrogen and oxygen atoms in total. The molecule has 6 heterocycles. The molecule has 100 heavy (non-hydrogen) atoms. The van der Waals surface area contributed by atoms with Gasteiger partial charge in [-0.05, 0) is 125 Å². The first kappa shape index (κ1) is 74.0. The zero-order chi connectivity index (χ0) is 71.1. The topological polar surface area (TPSA) is 443 Å². The summed E-state index contributed by atoms with van der Waals surface area (Å²) in [6.45, 7) is 1.87. The van der Waals surface area contributed by atoms with Gasteiger partial charge in [-0.25, -0.2) is 56.6 Å². The van der Waals surface area contributed by atoms with Gasteiger partial charge in [0.25, 0.3) is 35.4 Å². The average molecular weight is 1440 g/mol. The maximum atomic E-state index is 13.4. The fourth-order valence-electron chi connectivity index (χ4n) is 12.8. The van der Waals surface area contributed by atoms with Gasteiger partial charge in [0.15, 0.2) is 43.8 Å². The molecule has 9 N–H and O–H groups in total. The first-order valence-electron chi connectivity index (χ1n) is 33.1. The predicted octanol–water partition coefficient (Wildman–Crippen LogP) is 5.04. The number of ether oxygens (including phenoxy) is 3. The molecule has 0 unspecified atom stereocenters. The Labute approximate surface area is 577 Å². The van der Waals surface area contributed by atoms with Crippen molar-refractivity contribution in [2.45, 2.75) is 144 Å². The molecule has 0 radical (unpaired) electrons. The third kappa shape index (κ3) is 16.4. The Kier molecular flexibility index (Phi) is 24.3. The highest BCUT2D eigenvalue weighted by Crippen LogP contribution is 2.39. The first-order chi connectivity index (χ1) is 48.1. The van der Waals surface area contributed by atoms with E-state index < -0.39 is 61.5 Å². The van der Waals surface area contributed by atoms with Crippen LogP contribution in [0.25, 0.3) is 33.8 Å². The van der Waals surface area contributed by atoms with Crippen LogP contribution in [0, 0.1) is 11.8 Å². The SMILES string of the molecule is O=C(NC1CCCC1)c1cnc(-c2ccc(S(=O)(=O)C3(C(=O)NO)CCOCC3)cc2)cn1.O=C(NCC1CC1)c1cnc(-c2ccc(S(=O)(=O)C3(C(=O)NO)CCOCC3)cc2)cn1.O=C(NCC1CCCCC1)c1cnc(-c2ccc(S(=O)(=O)C3(C(=O)NO)CCOCC3)cc2)cn1. The minimum Gasteiger partial charge on any atom is -0.381 e. The van der Waals surface area contributed by atoms with Gasteiger partial charge in [-0.15, -0.1) is 0 Å². The second kappa shape index (κ2) is 32.8. The quantitative estimate of drug-likeness (QED) is 0.0357. The van der Waals surface area contributed by atoms with Crippen LogP contribution in [-0.2, 0) is 58.1 Å². The number of hydrogen-bond acceptors (Lipinski definition) is 24. The standard InChI is InChI=1S/C24H30N4O6S.C22H26N4O6S.C21H24N4O6S/c29-22(27-14-17-4-2-1-3-5-17)21-16-25-20(15-26-21)18-6-8-19(9-7-18)35(32,33)24(23(30)28-31)10-12-34-13-11-24;27-20(25-16-3-1-2-4-16)19-14-23-18(13-24-19)15-5-7-17(8-6-15)33(30,31)22(21(28)26-29)9-11-32-12-10-22;26-19(24-11-14-1-2-14)18-13-22-17(12-23-18)15-3-5-16(6-4-15)32(29,30)21(20(27)25-28)7-9-31-10-8-21/h6-9,15-17,31H,1-5,10-14H2,(H,27,29)(H,28,30);5-8,13-14,16,29H,1-4,9-12H2,(H,25,27)(H,26,28);3-6,12-14,28H,1-2,7-11H2,(H,24,26)(H,25,27). The molecule has 534 valence electrons. The molecule has 0 spiro atoms. The Morgan fingerprint density at radius 2 is 0.670 bits per heavy atom. The number of hydroxylamine groups is 3. The van der Waals surface area contributed by atoms with Gasteiger partial charge in [-0.3, -0.25) is 59.3 Å². The normalized spacial score (nSPS) is 18.4. The van der Waals surface area contributed by atoms with Crippen LogP contribution in [0.3, 0.4) is 0 Å². The van der Waals surface area contributed by atoms with E-state index in [1.807, 2.05) is 0 Å². The molecule has 6 amide bonds. The smallest absolute Gasteiger partial charge is 0.271 e. The average Bonchev–Trinajstić information content (AvgIpc) is 1.06. The summed E-state index contributed by atoms with van der Waals surface area (Å²) in [5.74, 6) is -2.62. The molecule has 0 bridgehead atoms. The summed E-state index contributed by atoms with van der Waals surface area (Å²) in [6, 6.07) is 18.0. The molecule has 33 heteroatoms. The molecule has 0 atom stereocenters. The molecule has 3 saturated heterocycles. The van der Waals surface area contributed by atoms with E-state index in [9.17, 15) is 54.0 Å². The van der Waals surface area contributed by atoms with Crippen molar-refractivity contribution in [3.63, 3.8) is 0 Å². The summed E-state index contributed by atoms with van der Waals surface area (Å²) >= 11 is 0. The van der Waals surface area contributed by atoms with Crippen LogP contribution < -0.4 is 32.4 Å². The fourth-order valence-corrected chi connectivity index (χ4v) is 18.7. The minimum absolute atomic E-state index is 0.0431. The van der Waals surface area contributed by atoms with Gasteiger partial charge in [-0.1, -0.05) is 68.5 Å². The van der Waals surface area contributed by atoms with Crippen LogP contribution in [0.1, 0.15) is 141 Å². The first-order valence-corrected chi connectivity index (χ1v) is 37.5. The number of sulfone groups is 3. The lowest BCUT2D eigenvalue weighted by molar-refractivity contribution is -0.135. The van der Waals surface area contributed by atoms with Crippen LogP contribution >= 0.6 is 0 Å². The Hall–Kier alpha value is -8.67. The van der Waals surface area contributed by atoms with Gasteiger partial charge in [-0.2, -0.15) is 0 Å². The lowest BCUT2D eigenvalue weighted by Gasteiger charge is -2.34. The summed E-state index contributed by atoms with van der Waals surface area (Å²) in [7, 11) is -12.3. The van der Waals surface area contributed by atoms with Gasteiger partial charge in [0.1, 0.15) is 17.1 Å². The largest absolute Gasteiger partial charge is 0.381 e. The summed E-state index contributed by atoms with van der Waals surface area (Å²) in [4.78, 5) is 99.2. The minimum atomic E-state index is -4.11. The third-order valence-corrected chi connectivity index (χ3v) is 26.8. The van der Waals surface area contributed by atoms with Gasteiger partial charge < -0.3 is 30.2 Å². The number of nitrogens with zero attached hydrogens (tertiary/aromatic N) is 6. The van der Waals surface area contributed by atoms with Crippen molar-refractivity contribution in [3.8, 4) is 33.8 Å². The van der Waals surface area contributed by atoms with Gasteiger partial charge in [0.2, 0.25) is 0 Å². The molecular weight excluding hydrogens is 1360 g/mol. The Balaban J connectivity index is 0.000000162. The lowest BCUT2D eigenvalue weighted by Crippen LogP contribution is -2.54. The number of benzene rings is 3. The van der Waals surface area contributed by atoms with Gasteiger partial charge in [0.05, 0.1) is 68.9 Å². The van der Waals surface area contributed by atoms with Crippen molar-refractivity contribution in [3.05, 3.63) is 127 Å². The summed E-state index contributed by atoms with van der Waals surface area (Å²) in [5.41, 5.74) is 8.41. The van der Waals surface area contributed by atoms with E-state index in [4.69, 9.17) is 29.8 Å². The summed E-state index contributed by atoms with van der Waals surface area (Å²) < 4.78 is 90.2. The number of nitrogens with one attached hydrogen (secondary N) is 6. The van der Waals surface area contributed by atoms with Crippen molar-refractivity contribution < 1.29 is 83.9 Å². The second-order valence-corrected chi connectivity index (χ2v) is 32.2. The van der Waals surface area contributed by atoms with E-state index in [0.717, 1.165) is 51.4 Å². The molecule has 3 aromatic heterocycles. The number of aromatic nitrogens is 6. The molecule has 3 aliphatic carbocycles. The van der Waals surface area contributed by atoms with Crippen LogP contribution in [0.4, 0.5) is 0 Å². The van der Waals surface area contributed by atoms with Crippen LogP contribution in [0.2, 0.25) is 0 Å². The zero-order valence-corrected chi connectivity index (χ0v) is 57.1. The maximum Gasteiger partial charge on any atom is 0.271 e. The highest BCUT2D eigenvalue weighted by atomic mass is 32.2. The Bertz CT molecular complexity index is 4200. The summed E-state index contributed by atoms with van der Waals surface area (Å²) in [6.07, 6.45) is 20.6. The van der Waals surface area contributed by atoms with E-state index in [0.29, 0.717) is 58.7 Å². The molecule has 6 aromatic rings. The van der Waals surface area contributed by atoms with Crippen molar-refractivity contribution in [2.24, 2.45) is 11.8 Å². The zero-order valence-electron chi connectivity index (χ0n) is 54.7. The van der Waals surface area contributed by atoms with E-state index in [1.54, 1.807) is 36.4 Å². The highest BCUT2D eigenvalue weighted by Gasteiger charge is 2.55. The molecular formula is C67H80N12O18S3. The molecule has 12 rings (SSSR count). The third-order valence-electron chi connectivity index (χ3n) is 19.2. The van der Waals surface area contributed by atoms with E-state index in [-0.39, 0.29) is 134 Å². The fraction of sp³-hybridized carbons (Fsp3) is 0.463. The van der Waals surface area contributed by atoms with E-state index >= 15 is 0 Å². The Morgan fingerprint density at radius 3 is 0.950 bits per heavy atom. The van der Waals surface area contributed by atoms with Crippen molar-refractivity contribution in [1.29, 1.82) is 0 Å². The monoisotopic (exact) mass is 1440 g/mol. The van der Waals surface area contributed by atoms with Crippen molar-refractivity contribution in [2.75, 3.05) is 52.7 Å². The van der Waals surface area contributed by atoms with Crippen LogP contribution in [0.15, 0.2) is 125 Å². The van der Waals surface area contributed by atoms with Crippen LogP contribution in [-0.4, -0.2) is 179 Å². The van der Waals surface area contributed by atoms with Crippen molar-refractivity contribution >= 4 is 65.0 Å². The van der Waals surface area contributed by atoms with Gasteiger partial charge >= 0.3 is 0 Å². The number of carbonyl (C=O) groups excluding carboxylic acids is 6. The van der Waals surface area contributed by atoms with Crippen molar-refractivity contribution in [1.82, 2.24) is 62.3 Å². The van der Waals surface area contributed by atoms with Crippen LogP contribution in [0.5, 0.6) is 0 Å². The second-order valence-electron chi connectivity index (χ2n) is 25.4. The number of carbonyl (C=O) groups is 6. The predicted molar refractivity (Wildman–Crippen MR) is 356 cm³/mol. The molecule has 3 aromatic carbocycles. The highest BCUT2D eigenvalue weighted by molar-refractivity contribution is 7.94. The maximum absolute atomic E-state index is 13.4. The van der Waals surface area contributed by atoms with E-state index in [2.05, 4.69) is 45.9 Å².